The van der Waals surface area contributed by atoms with E-state index in [1.165, 1.54) is 10.8 Å². The molecule has 0 bridgehead atoms. The minimum atomic E-state index is 0. The van der Waals surface area contributed by atoms with Crippen LogP contribution in [0.3, 0.4) is 0 Å². The summed E-state index contributed by atoms with van der Waals surface area (Å²) in [6.07, 6.45) is 0. The minimum absolute atomic E-state index is 0. The second kappa shape index (κ2) is 4.79. The molecule has 0 amide bonds. The molecule has 2 heteroatoms. The fourth-order valence-corrected chi connectivity index (χ4v) is 1.50. The molecule has 2 aromatic carbocycles. The average molecular weight is 200 g/mol. The molecule has 56 valence electrons. The molecule has 0 radical (unpaired) electrons. The maximum absolute atomic E-state index is 4.35. The molecule has 0 unspecified atom stereocenters. The molecule has 0 spiro atoms. The van der Waals surface area contributed by atoms with Crippen LogP contribution in [-0.4, -0.2) is 0 Å². The van der Waals surface area contributed by atoms with Crippen molar-refractivity contribution in [2.24, 2.45) is 0 Å². The molecule has 0 aliphatic rings. The summed E-state index contributed by atoms with van der Waals surface area (Å²) in [5.74, 6) is 0. The van der Waals surface area contributed by atoms with E-state index >= 15 is 0 Å². The first-order chi connectivity index (χ1) is 5.38. The first kappa shape index (κ1) is 10.8. The summed E-state index contributed by atoms with van der Waals surface area (Å²) >= 11 is 4.35. The molecule has 0 aliphatic carbocycles. The number of hydrogen-bond donors (Lipinski definition) is 1. The Morgan fingerprint density at radius 3 is 2.33 bits per heavy atom. The molecule has 0 saturated carbocycles. The fourth-order valence-electron chi connectivity index (χ4n) is 1.21. The van der Waals surface area contributed by atoms with Crippen LogP contribution in [0.2, 0.25) is 0 Å². The van der Waals surface area contributed by atoms with Crippen LogP contribution in [0.1, 0.15) is 1.43 Å². The molecule has 0 N–H and O–H groups in total. The smallest absolute Gasteiger partial charge is 1.00 e. The summed E-state index contributed by atoms with van der Waals surface area (Å²) in [7, 11) is 0. The fraction of sp³-hybridized carbons (Fsp3) is 0. The van der Waals surface area contributed by atoms with Gasteiger partial charge in [-0.15, -0.1) is 12.6 Å². The van der Waals surface area contributed by atoms with Crippen LogP contribution in [0.15, 0.2) is 47.4 Å². The van der Waals surface area contributed by atoms with Gasteiger partial charge in [0.05, 0.1) is 0 Å². The summed E-state index contributed by atoms with van der Waals surface area (Å²) in [6.45, 7) is 0. The van der Waals surface area contributed by atoms with E-state index in [1.54, 1.807) is 0 Å². The summed E-state index contributed by atoms with van der Waals surface area (Å²) in [4.78, 5) is 1.04. The maximum atomic E-state index is 4.35. The van der Waals surface area contributed by atoms with Crippen molar-refractivity contribution in [3.63, 3.8) is 0 Å². The normalized spacial score (nSPS) is 9.42. The van der Waals surface area contributed by atoms with E-state index in [0.29, 0.717) is 0 Å². The van der Waals surface area contributed by atoms with Gasteiger partial charge in [-0.2, -0.15) is 0 Å². The van der Waals surface area contributed by atoms with E-state index in [-0.39, 0.29) is 52.8 Å². The molecule has 0 atom stereocenters. The summed E-state index contributed by atoms with van der Waals surface area (Å²) in [5.41, 5.74) is 0. The third-order valence-electron chi connectivity index (χ3n) is 1.77. The molecule has 0 aromatic heterocycles. The quantitative estimate of drug-likeness (QED) is 0.457. The average Bonchev–Trinajstić information content (AvgIpc) is 2.06. The Morgan fingerprint density at radius 2 is 1.58 bits per heavy atom. The molecule has 2 rings (SSSR count). The van der Waals surface area contributed by atoms with Crippen molar-refractivity contribution in [2.75, 3.05) is 0 Å². The van der Waals surface area contributed by atoms with Gasteiger partial charge in [-0.25, -0.2) is 0 Å². The summed E-state index contributed by atoms with van der Waals surface area (Å²) < 4.78 is 0. The monoisotopic (exact) mass is 200 g/mol. The molecule has 12 heavy (non-hydrogen) atoms. The first-order valence-corrected chi connectivity index (χ1v) is 3.99. The topological polar surface area (TPSA) is 0 Å². The minimum Gasteiger partial charge on any atom is -1.00 e. The summed E-state index contributed by atoms with van der Waals surface area (Å²) in [5, 5.41) is 2.47. The van der Waals surface area contributed by atoms with Gasteiger partial charge in [0, 0.05) is 4.90 Å². The molecule has 0 nitrogen and oxygen atoms in total. The largest absolute Gasteiger partial charge is 1.00 e. The molecule has 0 saturated heterocycles. The van der Waals surface area contributed by atoms with Crippen molar-refractivity contribution in [2.45, 2.75) is 4.90 Å². The van der Waals surface area contributed by atoms with Crippen LogP contribution in [0.5, 0.6) is 0 Å². The van der Waals surface area contributed by atoms with Crippen LogP contribution < -0.4 is 51.4 Å². The van der Waals surface area contributed by atoms with E-state index in [4.69, 9.17) is 0 Å². The van der Waals surface area contributed by atoms with E-state index in [1.807, 2.05) is 24.3 Å². The van der Waals surface area contributed by atoms with Gasteiger partial charge < -0.3 is 1.43 Å². The van der Waals surface area contributed by atoms with Gasteiger partial charge >= 0.3 is 51.4 Å². The Kier molecular flexibility index (Phi) is 4.30. The van der Waals surface area contributed by atoms with Crippen LogP contribution in [-0.2, 0) is 0 Å². The van der Waals surface area contributed by atoms with Crippen molar-refractivity contribution < 1.29 is 52.8 Å². The summed E-state index contributed by atoms with van der Waals surface area (Å²) in [6, 6.07) is 14.4. The van der Waals surface area contributed by atoms with Crippen LogP contribution in [0.25, 0.3) is 10.8 Å². The standard InChI is InChI=1S/C10H8S.K.H/c11-10-7-3-5-8-4-1-2-6-9(8)10;;/h1-7,11H;;/q;+1;-1. The van der Waals surface area contributed by atoms with Crippen molar-refractivity contribution in [3.8, 4) is 0 Å². The maximum Gasteiger partial charge on any atom is 1.00 e. The van der Waals surface area contributed by atoms with Gasteiger partial charge in [0.1, 0.15) is 0 Å². The SMILES string of the molecule is Sc1cccc2ccccc12.[H-].[K+]. The van der Waals surface area contributed by atoms with Crippen LogP contribution in [0, 0.1) is 0 Å². The Labute approximate surface area is 122 Å². The van der Waals surface area contributed by atoms with Crippen molar-refractivity contribution >= 4 is 23.4 Å². The van der Waals surface area contributed by atoms with Gasteiger partial charge in [0.2, 0.25) is 0 Å². The van der Waals surface area contributed by atoms with Crippen LogP contribution >= 0.6 is 12.6 Å². The molecule has 2 aromatic rings. The molecule has 0 fully saturated rings. The number of thiol groups is 1. The number of rotatable bonds is 0. The van der Waals surface area contributed by atoms with E-state index in [2.05, 4.69) is 30.8 Å². The zero-order chi connectivity index (χ0) is 7.68. The van der Waals surface area contributed by atoms with E-state index in [9.17, 15) is 0 Å². The van der Waals surface area contributed by atoms with Gasteiger partial charge in [0.15, 0.2) is 0 Å². The predicted molar refractivity (Wildman–Crippen MR) is 52.3 cm³/mol. The number of hydrogen-bond acceptors (Lipinski definition) is 1. The third-order valence-corrected chi connectivity index (χ3v) is 2.16. The van der Waals surface area contributed by atoms with Crippen molar-refractivity contribution in [1.82, 2.24) is 0 Å². The number of fused-ring (bicyclic) bond motifs is 1. The molecule has 0 aliphatic heterocycles. The van der Waals surface area contributed by atoms with E-state index < -0.39 is 0 Å². The van der Waals surface area contributed by atoms with Crippen molar-refractivity contribution in [1.29, 1.82) is 0 Å². The number of benzene rings is 2. The molecular formula is C10H9KS. The predicted octanol–water partition coefficient (Wildman–Crippen LogP) is 0.245. The van der Waals surface area contributed by atoms with E-state index in [0.717, 1.165) is 4.90 Å². The zero-order valence-corrected chi connectivity index (χ0v) is 11.0. The zero-order valence-electron chi connectivity index (χ0n) is 7.99. The van der Waals surface area contributed by atoms with Crippen LogP contribution in [0.4, 0.5) is 0 Å². The second-order valence-electron chi connectivity index (χ2n) is 2.50. The Balaban J connectivity index is 0.000000720. The van der Waals surface area contributed by atoms with Gasteiger partial charge in [-0.05, 0) is 16.8 Å². The van der Waals surface area contributed by atoms with Gasteiger partial charge in [0.25, 0.3) is 0 Å². The Bertz CT molecular complexity index is 384. The Hall–Kier alpha value is 0.686. The Morgan fingerprint density at radius 1 is 0.917 bits per heavy atom. The van der Waals surface area contributed by atoms with Gasteiger partial charge in [-0.1, -0.05) is 36.4 Å². The molecule has 0 heterocycles. The molecular weight excluding hydrogens is 191 g/mol. The third kappa shape index (κ3) is 2.13. The first-order valence-electron chi connectivity index (χ1n) is 3.54. The van der Waals surface area contributed by atoms with Gasteiger partial charge in [-0.3, -0.25) is 0 Å². The van der Waals surface area contributed by atoms with Crippen molar-refractivity contribution in [3.05, 3.63) is 42.5 Å². The second-order valence-corrected chi connectivity index (χ2v) is 2.98.